The zero-order valence-electron chi connectivity index (χ0n) is 9.17. The number of nitrogens with one attached hydrogen (secondary N) is 1. The minimum atomic E-state index is -0.782. The lowest BCUT2D eigenvalue weighted by atomic mass is 10.2. The van der Waals surface area contributed by atoms with Gasteiger partial charge in [0.05, 0.1) is 5.02 Å². The number of amides is 1. The van der Waals surface area contributed by atoms with E-state index in [0.29, 0.717) is 0 Å². The minimum absolute atomic E-state index is 0.110. The van der Waals surface area contributed by atoms with Crippen molar-refractivity contribution < 1.29 is 13.9 Å². The van der Waals surface area contributed by atoms with E-state index < -0.39 is 17.5 Å². The summed E-state index contributed by atoms with van der Waals surface area (Å²) in [5, 5.41) is 2.07. The zero-order chi connectivity index (χ0) is 12.3. The van der Waals surface area contributed by atoms with Gasteiger partial charge in [-0.2, -0.15) is 0 Å². The lowest BCUT2D eigenvalue weighted by molar-refractivity contribution is 0.0634. The number of hydrogen-bond donors (Lipinski definition) is 1. The molecule has 0 unspecified atom stereocenters. The van der Waals surface area contributed by atoms with Gasteiger partial charge in [-0.05, 0) is 26.8 Å². The lowest BCUT2D eigenvalue weighted by Crippen LogP contribution is -2.27. The Morgan fingerprint density at radius 1 is 1.56 bits per heavy atom. The van der Waals surface area contributed by atoms with Crippen LogP contribution < -0.4 is 5.32 Å². The van der Waals surface area contributed by atoms with E-state index in [-0.39, 0.29) is 10.8 Å². The maximum Gasteiger partial charge on any atom is 0.413 e. The van der Waals surface area contributed by atoms with Gasteiger partial charge in [-0.15, -0.1) is 0 Å². The average Bonchev–Trinajstić information content (AvgIpc) is 2.09. The van der Waals surface area contributed by atoms with Crippen LogP contribution in [0.25, 0.3) is 0 Å². The third kappa shape index (κ3) is 3.66. The summed E-state index contributed by atoms with van der Waals surface area (Å²) in [6.45, 7) is 5.11. The van der Waals surface area contributed by atoms with Gasteiger partial charge in [0.1, 0.15) is 5.60 Å². The standard InChI is InChI=1S/C10H12ClFN2O2/c1-10(2,3)16-9(15)14-8-7(12)6(11)4-5-13-8/h4-5H,1-3H3,(H,13,14,15). The Hall–Kier alpha value is -1.36. The average molecular weight is 247 g/mol. The maximum absolute atomic E-state index is 13.3. The van der Waals surface area contributed by atoms with Crippen molar-refractivity contribution in [1.82, 2.24) is 4.98 Å². The molecule has 0 spiro atoms. The van der Waals surface area contributed by atoms with Crippen LogP contribution in [0.1, 0.15) is 20.8 Å². The van der Waals surface area contributed by atoms with Gasteiger partial charge in [0.2, 0.25) is 0 Å². The largest absolute Gasteiger partial charge is 0.444 e. The molecule has 1 aromatic heterocycles. The van der Waals surface area contributed by atoms with Crippen molar-refractivity contribution in [3.8, 4) is 0 Å². The molecule has 0 aromatic carbocycles. The van der Waals surface area contributed by atoms with Crippen molar-refractivity contribution in [3.63, 3.8) is 0 Å². The molecule has 1 aromatic rings. The molecule has 4 nitrogen and oxygen atoms in total. The predicted octanol–water partition coefficient (Wildman–Crippen LogP) is 3.22. The van der Waals surface area contributed by atoms with Crippen LogP contribution in [0, 0.1) is 5.82 Å². The number of aromatic nitrogens is 1. The topological polar surface area (TPSA) is 51.2 Å². The van der Waals surface area contributed by atoms with E-state index >= 15 is 0 Å². The SMILES string of the molecule is CC(C)(C)OC(=O)Nc1nccc(Cl)c1F. The van der Waals surface area contributed by atoms with E-state index in [1.54, 1.807) is 20.8 Å². The van der Waals surface area contributed by atoms with Gasteiger partial charge < -0.3 is 4.74 Å². The van der Waals surface area contributed by atoms with Crippen molar-refractivity contribution in [3.05, 3.63) is 23.1 Å². The summed E-state index contributed by atoms with van der Waals surface area (Å²) in [4.78, 5) is 14.9. The molecule has 1 N–H and O–H groups in total. The molecular weight excluding hydrogens is 235 g/mol. The van der Waals surface area contributed by atoms with Crippen LogP contribution in [0.2, 0.25) is 5.02 Å². The molecule has 0 aliphatic carbocycles. The summed E-state index contributed by atoms with van der Waals surface area (Å²) in [5.41, 5.74) is -0.654. The van der Waals surface area contributed by atoms with Crippen LogP contribution >= 0.6 is 11.6 Å². The van der Waals surface area contributed by atoms with Gasteiger partial charge in [-0.25, -0.2) is 14.2 Å². The molecule has 0 saturated heterocycles. The van der Waals surface area contributed by atoms with Gasteiger partial charge >= 0.3 is 6.09 Å². The summed E-state index contributed by atoms with van der Waals surface area (Å²) >= 11 is 5.52. The van der Waals surface area contributed by atoms with E-state index in [2.05, 4.69) is 10.3 Å². The van der Waals surface area contributed by atoms with Gasteiger partial charge in [0.25, 0.3) is 0 Å². The van der Waals surface area contributed by atoms with E-state index in [1.165, 1.54) is 12.3 Å². The first kappa shape index (κ1) is 12.7. The first-order chi connectivity index (χ1) is 7.29. The molecule has 1 amide bonds. The highest BCUT2D eigenvalue weighted by Gasteiger charge is 2.18. The van der Waals surface area contributed by atoms with Crippen LogP contribution in [0.5, 0.6) is 0 Å². The van der Waals surface area contributed by atoms with Crippen LogP contribution in [0.3, 0.4) is 0 Å². The van der Waals surface area contributed by atoms with Crippen molar-refractivity contribution >= 4 is 23.5 Å². The number of carbonyl (C=O) groups is 1. The molecule has 1 rings (SSSR count). The number of hydrogen-bond acceptors (Lipinski definition) is 3. The Kier molecular flexibility index (Phi) is 3.70. The monoisotopic (exact) mass is 246 g/mol. The quantitative estimate of drug-likeness (QED) is 0.828. The van der Waals surface area contributed by atoms with Crippen LogP contribution in [0.15, 0.2) is 12.3 Å². The fraction of sp³-hybridized carbons (Fsp3) is 0.400. The number of nitrogens with zero attached hydrogens (tertiary/aromatic N) is 1. The minimum Gasteiger partial charge on any atom is -0.444 e. The predicted molar refractivity (Wildman–Crippen MR) is 59.1 cm³/mol. The molecule has 1 heterocycles. The van der Waals surface area contributed by atoms with E-state index in [0.717, 1.165) is 0 Å². The normalized spacial score (nSPS) is 11.1. The van der Waals surface area contributed by atoms with Gasteiger partial charge in [0.15, 0.2) is 11.6 Å². The number of carbonyl (C=O) groups excluding carboxylic acids is 1. The molecular formula is C10H12ClFN2O2. The van der Waals surface area contributed by atoms with Gasteiger partial charge in [-0.1, -0.05) is 11.6 Å². The van der Waals surface area contributed by atoms with E-state index in [1.807, 2.05) is 0 Å². The Balaban J connectivity index is 2.74. The molecule has 0 aliphatic heterocycles. The van der Waals surface area contributed by atoms with Crippen molar-refractivity contribution in [2.45, 2.75) is 26.4 Å². The number of ether oxygens (including phenoxy) is 1. The second-order valence-corrected chi connectivity index (χ2v) is 4.49. The first-order valence-electron chi connectivity index (χ1n) is 4.59. The van der Waals surface area contributed by atoms with Crippen LogP contribution in [0.4, 0.5) is 15.0 Å². The van der Waals surface area contributed by atoms with E-state index in [4.69, 9.17) is 16.3 Å². The summed E-state index contributed by atoms with van der Waals surface area (Å²) in [7, 11) is 0. The molecule has 0 bridgehead atoms. The third-order valence-corrected chi connectivity index (χ3v) is 1.75. The Morgan fingerprint density at radius 2 is 2.19 bits per heavy atom. The van der Waals surface area contributed by atoms with Crippen LogP contribution in [-0.2, 0) is 4.74 Å². The number of anilines is 1. The highest BCUT2D eigenvalue weighted by molar-refractivity contribution is 6.31. The second-order valence-electron chi connectivity index (χ2n) is 4.08. The first-order valence-corrected chi connectivity index (χ1v) is 4.97. The highest BCUT2D eigenvalue weighted by Crippen LogP contribution is 2.20. The van der Waals surface area contributed by atoms with Crippen molar-refractivity contribution in [2.24, 2.45) is 0 Å². The smallest absolute Gasteiger partial charge is 0.413 e. The molecule has 0 fully saturated rings. The Bertz CT molecular complexity index is 404. The molecule has 0 saturated carbocycles. The van der Waals surface area contributed by atoms with Crippen molar-refractivity contribution in [2.75, 3.05) is 5.32 Å². The molecule has 0 radical (unpaired) electrons. The highest BCUT2D eigenvalue weighted by atomic mass is 35.5. The maximum atomic E-state index is 13.3. The van der Waals surface area contributed by atoms with E-state index in [9.17, 15) is 9.18 Å². The number of rotatable bonds is 1. The molecule has 0 atom stereocenters. The lowest BCUT2D eigenvalue weighted by Gasteiger charge is -2.19. The number of pyridine rings is 1. The van der Waals surface area contributed by atoms with Crippen molar-refractivity contribution in [1.29, 1.82) is 0 Å². The summed E-state index contributed by atoms with van der Waals surface area (Å²) < 4.78 is 18.3. The van der Waals surface area contributed by atoms with Gasteiger partial charge in [0, 0.05) is 6.20 Å². The third-order valence-electron chi connectivity index (χ3n) is 1.46. The summed E-state index contributed by atoms with van der Waals surface area (Å²) in [6.07, 6.45) is 0.513. The summed E-state index contributed by atoms with van der Waals surface area (Å²) in [6, 6.07) is 1.29. The molecule has 0 aliphatic rings. The molecule has 6 heteroatoms. The van der Waals surface area contributed by atoms with Crippen LogP contribution in [-0.4, -0.2) is 16.7 Å². The summed E-state index contributed by atoms with van der Waals surface area (Å²) in [5.74, 6) is -1.03. The second kappa shape index (κ2) is 4.65. The fourth-order valence-corrected chi connectivity index (χ4v) is 1.05. The Morgan fingerprint density at radius 3 is 2.75 bits per heavy atom. The molecule has 16 heavy (non-hydrogen) atoms. The fourth-order valence-electron chi connectivity index (χ4n) is 0.908. The number of halogens is 2. The zero-order valence-corrected chi connectivity index (χ0v) is 9.93. The Labute approximate surface area is 97.8 Å². The van der Waals surface area contributed by atoms with Gasteiger partial charge in [-0.3, -0.25) is 5.32 Å². The molecule has 88 valence electrons.